The van der Waals surface area contributed by atoms with Crippen LogP contribution < -0.4 is 10.5 Å². The first-order valence-electron chi connectivity index (χ1n) is 5.13. The summed E-state index contributed by atoms with van der Waals surface area (Å²) >= 11 is 0. The molecule has 4 nitrogen and oxygen atoms in total. The molecule has 0 bridgehead atoms. The van der Waals surface area contributed by atoms with Crippen molar-refractivity contribution in [2.45, 2.75) is 13.5 Å². The summed E-state index contributed by atoms with van der Waals surface area (Å²) < 4.78 is 7.47. The Morgan fingerprint density at radius 1 is 1.38 bits per heavy atom. The molecule has 0 spiro atoms. The second-order valence-electron chi connectivity index (χ2n) is 3.71. The van der Waals surface area contributed by atoms with Gasteiger partial charge >= 0.3 is 0 Å². The van der Waals surface area contributed by atoms with E-state index in [1.54, 1.807) is 0 Å². The van der Waals surface area contributed by atoms with E-state index in [-0.39, 0.29) is 0 Å². The van der Waals surface area contributed by atoms with E-state index in [0.29, 0.717) is 18.0 Å². The van der Waals surface area contributed by atoms with Crippen LogP contribution in [0.2, 0.25) is 0 Å². The summed E-state index contributed by atoms with van der Waals surface area (Å²) in [7, 11) is 1.91. The summed E-state index contributed by atoms with van der Waals surface area (Å²) in [5, 5.41) is 4.16. The number of aryl methyl sites for hydroxylation is 1. The van der Waals surface area contributed by atoms with Gasteiger partial charge in [0, 0.05) is 18.3 Å². The van der Waals surface area contributed by atoms with Gasteiger partial charge in [-0.15, -0.1) is 0 Å². The average molecular weight is 217 g/mol. The Labute approximate surface area is 94.6 Å². The summed E-state index contributed by atoms with van der Waals surface area (Å²) in [5.41, 5.74) is 8.62. The molecule has 0 saturated heterocycles. The van der Waals surface area contributed by atoms with E-state index in [1.165, 1.54) is 0 Å². The van der Waals surface area contributed by atoms with Gasteiger partial charge in [0.15, 0.2) is 0 Å². The van der Waals surface area contributed by atoms with E-state index in [4.69, 9.17) is 10.5 Å². The molecule has 1 aromatic heterocycles. The minimum atomic E-state index is 0.494. The van der Waals surface area contributed by atoms with E-state index in [2.05, 4.69) is 5.10 Å². The van der Waals surface area contributed by atoms with E-state index >= 15 is 0 Å². The average Bonchev–Trinajstić information content (AvgIpc) is 2.59. The summed E-state index contributed by atoms with van der Waals surface area (Å²) in [5.74, 6) is 0.714. The molecule has 0 saturated carbocycles. The van der Waals surface area contributed by atoms with Crippen molar-refractivity contribution in [2.24, 2.45) is 7.05 Å². The maximum Gasteiger partial charge on any atom is 0.142 e. The number of rotatable bonds is 3. The van der Waals surface area contributed by atoms with Crippen molar-refractivity contribution in [1.29, 1.82) is 0 Å². The van der Waals surface area contributed by atoms with Crippen molar-refractivity contribution in [3.63, 3.8) is 0 Å². The Morgan fingerprint density at radius 3 is 2.75 bits per heavy atom. The van der Waals surface area contributed by atoms with Gasteiger partial charge in [0.25, 0.3) is 0 Å². The number of ether oxygens (including phenoxy) is 1. The topological polar surface area (TPSA) is 53.1 Å². The largest absolute Gasteiger partial charge is 0.487 e. The van der Waals surface area contributed by atoms with Crippen molar-refractivity contribution in [3.05, 3.63) is 41.7 Å². The monoisotopic (exact) mass is 217 g/mol. The number of benzene rings is 1. The van der Waals surface area contributed by atoms with Crippen LogP contribution in [-0.4, -0.2) is 9.78 Å². The number of hydrogen-bond acceptors (Lipinski definition) is 3. The molecule has 2 rings (SSSR count). The smallest absolute Gasteiger partial charge is 0.142 e. The minimum Gasteiger partial charge on any atom is -0.487 e. The van der Waals surface area contributed by atoms with Crippen molar-refractivity contribution in [3.8, 4) is 5.75 Å². The van der Waals surface area contributed by atoms with Crippen LogP contribution in [0.15, 0.2) is 30.5 Å². The quantitative estimate of drug-likeness (QED) is 0.799. The summed E-state index contributed by atoms with van der Waals surface area (Å²) in [4.78, 5) is 0. The van der Waals surface area contributed by atoms with Gasteiger partial charge in [-0.2, -0.15) is 5.10 Å². The van der Waals surface area contributed by atoms with Crippen LogP contribution in [-0.2, 0) is 13.7 Å². The molecule has 0 atom stereocenters. The Kier molecular flexibility index (Phi) is 2.81. The van der Waals surface area contributed by atoms with Crippen LogP contribution in [0.25, 0.3) is 0 Å². The molecule has 84 valence electrons. The summed E-state index contributed by atoms with van der Waals surface area (Å²) in [6, 6.07) is 7.48. The summed E-state index contributed by atoms with van der Waals surface area (Å²) in [6.07, 6.45) is 1.81. The molecule has 0 aliphatic rings. The standard InChI is InChI=1S/C12H15N3O/c1-9-10(7-14-15(9)2)8-16-12-6-4-3-5-11(12)13/h3-7H,8,13H2,1-2H3. The van der Waals surface area contributed by atoms with Crippen molar-refractivity contribution in [2.75, 3.05) is 5.73 Å². The van der Waals surface area contributed by atoms with Gasteiger partial charge in [0.2, 0.25) is 0 Å². The summed E-state index contributed by atoms with van der Waals surface area (Å²) in [6.45, 7) is 2.51. The SMILES string of the molecule is Cc1c(COc2ccccc2N)cnn1C. The molecule has 0 radical (unpaired) electrons. The predicted octanol–water partition coefficient (Wildman–Crippen LogP) is 1.89. The lowest BCUT2D eigenvalue weighted by Gasteiger charge is -2.07. The molecule has 0 amide bonds. The molecule has 2 aromatic rings. The number of nitrogen functional groups attached to an aromatic ring is 1. The van der Waals surface area contributed by atoms with E-state index in [9.17, 15) is 0 Å². The predicted molar refractivity (Wildman–Crippen MR) is 63.1 cm³/mol. The minimum absolute atomic E-state index is 0.494. The van der Waals surface area contributed by atoms with E-state index < -0.39 is 0 Å². The zero-order chi connectivity index (χ0) is 11.5. The highest BCUT2D eigenvalue weighted by atomic mass is 16.5. The van der Waals surface area contributed by atoms with Crippen LogP contribution in [0.3, 0.4) is 0 Å². The van der Waals surface area contributed by atoms with Crippen molar-refractivity contribution < 1.29 is 4.74 Å². The van der Waals surface area contributed by atoms with Crippen molar-refractivity contribution in [1.82, 2.24) is 9.78 Å². The highest BCUT2D eigenvalue weighted by molar-refractivity contribution is 5.51. The highest BCUT2D eigenvalue weighted by Crippen LogP contribution is 2.21. The zero-order valence-corrected chi connectivity index (χ0v) is 9.47. The molecule has 1 aromatic carbocycles. The third-order valence-corrected chi connectivity index (χ3v) is 2.64. The third-order valence-electron chi connectivity index (χ3n) is 2.64. The van der Waals surface area contributed by atoms with Crippen LogP contribution in [0.1, 0.15) is 11.3 Å². The third kappa shape index (κ3) is 2.00. The van der Waals surface area contributed by atoms with Gasteiger partial charge in [0.05, 0.1) is 11.9 Å². The molecule has 4 heteroatoms. The maximum absolute atomic E-state index is 5.78. The molecule has 16 heavy (non-hydrogen) atoms. The lowest BCUT2D eigenvalue weighted by atomic mass is 10.2. The molecule has 2 N–H and O–H groups in total. The molecule has 0 aliphatic heterocycles. The second-order valence-corrected chi connectivity index (χ2v) is 3.71. The second kappa shape index (κ2) is 4.26. The van der Waals surface area contributed by atoms with Crippen LogP contribution >= 0.6 is 0 Å². The lowest BCUT2D eigenvalue weighted by molar-refractivity contribution is 0.307. The Balaban J connectivity index is 2.08. The van der Waals surface area contributed by atoms with Gasteiger partial charge in [0.1, 0.15) is 12.4 Å². The van der Waals surface area contributed by atoms with Gasteiger partial charge in [-0.3, -0.25) is 4.68 Å². The fourth-order valence-corrected chi connectivity index (χ4v) is 1.45. The normalized spacial score (nSPS) is 10.4. The molecular formula is C12H15N3O. The Bertz CT molecular complexity index is 491. The number of para-hydroxylation sites is 2. The first kappa shape index (κ1) is 10.5. The fraction of sp³-hybridized carbons (Fsp3) is 0.250. The fourth-order valence-electron chi connectivity index (χ4n) is 1.45. The number of anilines is 1. The molecule has 0 fully saturated rings. The van der Waals surface area contributed by atoms with E-state index in [0.717, 1.165) is 11.3 Å². The lowest BCUT2D eigenvalue weighted by Crippen LogP contribution is -2.00. The number of nitrogens with two attached hydrogens (primary N) is 1. The number of hydrogen-bond donors (Lipinski definition) is 1. The van der Waals surface area contributed by atoms with Gasteiger partial charge in [-0.05, 0) is 19.1 Å². The first-order valence-corrected chi connectivity index (χ1v) is 5.13. The number of nitrogens with zero attached hydrogens (tertiary/aromatic N) is 2. The molecular weight excluding hydrogens is 202 g/mol. The first-order chi connectivity index (χ1) is 7.68. The van der Waals surface area contributed by atoms with Crippen LogP contribution in [0.5, 0.6) is 5.75 Å². The number of aromatic nitrogens is 2. The zero-order valence-electron chi connectivity index (χ0n) is 9.47. The van der Waals surface area contributed by atoms with Gasteiger partial charge in [-0.25, -0.2) is 0 Å². The molecule has 1 heterocycles. The van der Waals surface area contributed by atoms with Crippen LogP contribution in [0.4, 0.5) is 5.69 Å². The van der Waals surface area contributed by atoms with E-state index in [1.807, 2.05) is 49.1 Å². The Hall–Kier alpha value is -1.97. The van der Waals surface area contributed by atoms with Crippen LogP contribution in [0, 0.1) is 6.92 Å². The maximum atomic E-state index is 5.78. The molecule has 0 unspecified atom stereocenters. The highest BCUT2D eigenvalue weighted by Gasteiger charge is 2.05. The molecule has 0 aliphatic carbocycles. The Morgan fingerprint density at radius 2 is 2.12 bits per heavy atom. The van der Waals surface area contributed by atoms with Gasteiger partial charge in [-0.1, -0.05) is 12.1 Å². The van der Waals surface area contributed by atoms with Gasteiger partial charge < -0.3 is 10.5 Å². The van der Waals surface area contributed by atoms with Crippen molar-refractivity contribution >= 4 is 5.69 Å².